The molecule has 1 aromatic carbocycles. The number of benzene rings is 1. The summed E-state index contributed by atoms with van der Waals surface area (Å²) < 4.78 is 39.8. The largest absolute Gasteiger partial charge is 0.481 e. The van der Waals surface area contributed by atoms with E-state index in [2.05, 4.69) is 4.72 Å². The van der Waals surface area contributed by atoms with Crippen molar-refractivity contribution in [3.05, 3.63) is 29.6 Å². The van der Waals surface area contributed by atoms with Crippen LogP contribution in [-0.4, -0.2) is 25.5 Å². The maximum atomic E-state index is 13.2. The molecule has 0 aliphatic rings. The number of carboxylic acid groups (broad SMARTS) is 1. The van der Waals surface area contributed by atoms with Gasteiger partial charge >= 0.3 is 5.97 Å². The minimum absolute atomic E-state index is 0.244. The molecule has 21 heavy (non-hydrogen) atoms. The molecule has 0 amide bonds. The van der Waals surface area contributed by atoms with E-state index in [1.54, 1.807) is 19.9 Å². The lowest BCUT2D eigenvalue weighted by molar-refractivity contribution is -0.137. The van der Waals surface area contributed by atoms with E-state index in [1.165, 1.54) is 0 Å². The topological polar surface area (TPSA) is 107 Å². The van der Waals surface area contributed by atoms with Gasteiger partial charge in [0.15, 0.2) is 0 Å². The summed E-state index contributed by atoms with van der Waals surface area (Å²) in [4.78, 5) is 10.5. The SMILES string of the molecule is CC(C)C(CC(=O)O)NS(=O)(=O)c1ccc(F)c(C#N)c1. The Hall–Kier alpha value is -1.98. The van der Waals surface area contributed by atoms with Crippen molar-refractivity contribution < 1.29 is 22.7 Å². The maximum absolute atomic E-state index is 13.2. The van der Waals surface area contributed by atoms with E-state index in [1.807, 2.05) is 0 Å². The van der Waals surface area contributed by atoms with Crippen LogP contribution >= 0.6 is 0 Å². The number of halogens is 1. The molecule has 0 aliphatic heterocycles. The first kappa shape index (κ1) is 17.1. The summed E-state index contributed by atoms with van der Waals surface area (Å²) in [6, 6.07) is 3.57. The quantitative estimate of drug-likeness (QED) is 0.827. The summed E-state index contributed by atoms with van der Waals surface area (Å²) in [6.45, 7) is 3.36. The Labute approximate surface area is 122 Å². The average molecular weight is 314 g/mol. The van der Waals surface area contributed by atoms with Crippen molar-refractivity contribution in [2.24, 2.45) is 5.92 Å². The monoisotopic (exact) mass is 314 g/mol. The molecule has 6 nitrogen and oxygen atoms in total. The van der Waals surface area contributed by atoms with Gasteiger partial charge in [0.25, 0.3) is 0 Å². The first-order valence-electron chi connectivity index (χ1n) is 6.11. The van der Waals surface area contributed by atoms with Crippen LogP contribution in [0.5, 0.6) is 0 Å². The molecule has 114 valence electrons. The zero-order chi connectivity index (χ0) is 16.2. The summed E-state index contributed by atoms with van der Waals surface area (Å²) in [7, 11) is -4.03. The van der Waals surface area contributed by atoms with Gasteiger partial charge in [-0.3, -0.25) is 4.79 Å². The fourth-order valence-corrected chi connectivity index (χ4v) is 3.04. The van der Waals surface area contributed by atoms with Crippen molar-refractivity contribution in [3.8, 4) is 6.07 Å². The van der Waals surface area contributed by atoms with Crippen molar-refractivity contribution in [1.29, 1.82) is 5.26 Å². The molecule has 0 aromatic heterocycles. The standard InChI is InChI=1S/C13H15FN2O4S/c1-8(2)12(6-13(17)18)16-21(19,20)10-3-4-11(14)9(5-10)7-15/h3-5,8,12,16H,6H2,1-2H3,(H,17,18). The third kappa shape index (κ3) is 4.51. The summed E-state index contributed by atoms with van der Waals surface area (Å²) in [5.74, 6) is -2.19. The predicted octanol–water partition coefficient (Wildman–Crippen LogP) is 1.47. The number of carboxylic acids is 1. The van der Waals surface area contributed by atoms with E-state index >= 15 is 0 Å². The Kier molecular flexibility index (Phi) is 5.41. The van der Waals surface area contributed by atoms with Crippen LogP contribution in [0.25, 0.3) is 0 Å². The molecule has 2 N–H and O–H groups in total. The molecule has 0 saturated carbocycles. The Morgan fingerprint density at radius 2 is 2.10 bits per heavy atom. The molecular weight excluding hydrogens is 299 g/mol. The van der Waals surface area contributed by atoms with E-state index in [4.69, 9.17) is 10.4 Å². The van der Waals surface area contributed by atoms with Gasteiger partial charge in [-0.15, -0.1) is 0 Å². The number of aliphatic carboxylic acids is 1. The molecule has 1 atom stereocenters. The van der Waals surface area contributed by atoms with Crippen molar-refractivity contribution in [2.75, 3.05) is 0 Å². The molecule has 0 aliphatic carbocycles. The highest BCUT2D eigenvalue weighted by atomic mass is 32.2. The molecule has 0 saturated heterocycles. The summed E-state index contributed by atoms with van der Waals surface area (Å²) in [5.41, 5.74) is -0.391. The van der Waals surface area contributed by atoms with Crippen LogP contribution < -0.4 is 4.72 Å². The Morgan fingerprint density at radius 3 is 2.57 bits per heavy atom. The molecule has 1 rings (SSSR count). The minimum Gasteiger partial charge on any atom is -0.481 e. The fraction of sp³-hybridized carbons (Fsp3) is 0.385. The molecule has 0 radical (unpaired) electrons. The molecule has 0 fully saturated rings. The normalized spacial score (nSPS) is 12.9. The van der Waals surface area contributed by atoms with E-state index in [-0.39, 0.29) is 17.2 Å². The van der Waals surface area contributed by atoms with Crippen LogP contribution in [0.2, 0.25) is 0 Å². The van der Waals surface area contributed by atoms with Gasteiger partial charge in [-0.1, -0.05) is 13.8 Å². The molecule has 1 unspecified atom stereocenters. The second-order valence-electron chi connectivity index (χ2n) is 4.82. The van der Waals surface area contributed by atoms with Crippen LogP contribution in [0.1, 0.15) is 25.8 Å². The number of nitrogens with one attached hydrogen (secondary N) is 1. The molecule has 0 spiro atoms. The van der Waals surface area contributed by atoms with Crippen LogP contribution in [0.3, 0.4) is 0 Å². The average Bonchev–Trinajstić information content (AvgIpc) is 2.37. The first-order valence-corrected chi connectivity index (χ1v) is 7.59. The molecule has 1 aromatic rings. The number of hydrogen-bond acceptors (Lipinski definition) is 4. The molecule has 0 heterocycles. The van der Waals surface area contributed by atoms with Gasteiger partial charge in [-0.05, 0) is 24.1 Å². The van der Waals surface area contributed by atoms with Gasteiger partial charge in [-0.25, -0.2) is 17.5 Å². The highest BCUT2D eigenvalue weighted by Gasteiger charge is 2.25. The van der Waals surface area contributed by atoms with Crippen LogP contribution in [0.15, 0.2) is 23.1 Å². The van der Waals surface area contributed by atoms with Crippen molar-refractivity contribution in [1.82, 2.24) is 4.72 Å². The summed E-state index contributed by atoms with van der Waals surface area (Å²) in [6.07, 6.45) is -0.372. The Morgan fingerprint density at radius 1 is 1.48 bits per heavy atom. The predicted molar refractivity (Wildman–Crippen MR) is 72.3 cm³/mol. The molecule has 0 bridgehead atoms. The van der Waals surface area contributed by atoms with Gasteiger partial charge < -0.3 is 5.11 Å². The zero-order valence-corrected chi connectivity index (χ0v) is 12.3. The van der Waals surface area contributed by atoms with Gasteiger partial charge in [0.05, 0.1) is 16.9 Å². The molecule has 8 heteroatoms. The van der Waals surface area contributed by atoms with Gasteiger partial charge in [0, 0.05) is 6.04 Å². The van der Waals surface area contributed by atoms with Crippen molar-refractivity contribution in [3.63, 3.8) is 0 Å². The van der Waals surface area contributed by atoms with E-state index in [0.717, 1.165) is 18.2 Å². The fourth-order valence-electron chi connectivity index (χ4n) is 1.63. The second-order valence-corrected chi connectivity index (χ2v) is 6.54. The van der Waals surface area contributed by atoms with E-state index in [0.29, 0.717) is 0 Å². The molecular formula is C13H15FN2O4S. The first-order chi connectivity index (χ1) is 9.67. The van der Waals surface area contributed by atoms with Gasteiger partial charge in [0.1, 0.15) is 11.9 Å². The van der Waals surface area contributed by atoms with Crippen LogP contribution in [0.4, 0.5) is 4.39 Å². The summed E-state index contributed by atoms with van der Waals surface area (Å²) in [5, 5.41) is 17.5. The number of sulfonamides is 1. The van der Waals surface area contributed by atoms with Gasteiger partial charge in [-0.2, -0.15) is 5.26 Å². The lowest BCUT2D eigenvalue weighted by atomic mass is 10.0. The lowest BCUT2D eigenvalue weighted by Gasteiger charge is -2.20. The number of rotatable bonds is 6. The number of hydrogen-bond donors (Lipinski definition) is 2. The van der Waals surface area contributed by atoms with Crippen molar-refractivity contribution in [2.45, 2.75) is 31.2 Å². The number of nitriles is 1. The summed E-state index contributed by atoms with van der Waals surface area (Å²) >= 11 is 0. The van der Waals surface area contributed by atoms with Crippen LogP contribution in [-0.2, 0) is 14.8 Å². The highest BCUT2D eigenvalue weighted by Crippen LogP contribution is 2.17. The lowest BCUT2D eigenvalue weighted by Crippen LogP contribution is -2.40. The Bertz CT molecular complexity index is 680. The Balaban J connectivity index is 3.10. The number of nitrogens with zero attached hydrogens (tertiary/aromatic N) is 1. The smallest absolute Gasteiger partial charge is 0.304 e. The van der Waals surface area contributed by atoms with Crippen molar-refractivity contribution >= 4 is 16.0 Å². The number of carbonyl (C=O) groups is 1. The minimum atomic E-state index is -4.03. The van der Waals surface area contributed by atoms with E-state index < -0.39 is 33.4 Å². The van der Waals surface area contributed by atoms with E-state index in [9.17, 15) is 17.6 Å². The second kappa shape index (κ2) is 6.65. The van der Waals surface area contributed by atoms with Gasteiger partial charge in [0.2, 0.25) is 10.0 Å². The van der Waals surface area contributed by atoms with Crippen LogP contribution in [0, 0.1) is 23.1 Å². The third-order valence-electron chi connectivity index (χ3n) is 2.87. The third-order valence-corrected chi connectivity index (χ3v) is 4.36. The highest BCUT2D eigenvalue weighted by molar-refractivity contribution is 7.89. The zero-order valence-electron chi connectivity index (χ0n) is 11.5. The maximum Gasteiger partial charge on any atom is 0.304 e.